The molecule has 1 heterocycles. The maximum Gasteiger partial charge on any atom is 0.136 e. The van der Waals surface area contributed by atoms with Crippen molar-refractivity contribution in [2.24, 2.45) is 23.2 Å². The molecule has 2 nitrogen and oxygen atoms in total. The van der Waals surface area contributed by atoms with Gasteiger partial charge in [-0.1, -0.05) is 33.5 Å². The number of fused-ring (bicyclic) bond motifs is 1. The summed E-state index contributed by atoms with van der Waals surface area (Å²) in [7, 11) is -1.26. The predicted octanol–water partition coefficient (Wildman–Crippen LogP) is 4.05. The first-order chi connectivity index (χ1) is 9.22. The van der Waals surface area contributed by atoms with Crippen LogP contribution in [0.3, 0.4) is 0 Å². The number of hydrogen-bond donors (Lipinski definition) is 0. The lowest BCUT2D eigenvalue weighted by Crippen LogP contribution is -2.43. The predicted molar refractivity (Wildman–Crippen MR) is 84.4 cm³/mol. The van der Waals surface area contributed by atoms with E-state index in [0.717, 1.165) is 18.9 Å². The minimum atomic E-state index is -1.26. The van der Waals surface area contributed by atoms with Crippen LogP contribution >= 0.6 is 0 Å². The number of Topliss-reactive ketones (excluding diaryl/α,β-unsaturated/α-hetero) is 1. The Morgan fingerprint density at radius 1 is 1.25 bits per heavy atom. The molecule has 0 unspecified atom stereocenters. The van der Waals surface area contributed by atoms with Crippen LogP contribution in [0.4, 0.5) is 0 Å². The number of ketones is 1. The van der Waals surface area contributed by atoms with E-state index in [-0.39, 0.29) is 11.1 Å². The van der Waals surface area contributed by atoms with Crippen molar-refractivity contribution in [1.82, 2.24) is 0 Å². The Kier molecular flexibility index (Phi) is 3.27. The zero-order chi connectivity index (χ0) is 14.8. The van der Waals surface area contributed by atoms with Crippen molar-refractivity contribution >= 4 is 13.9 Å². The Bertz CT molecular complexity index is 421. The van der Waals surface area contributed by atoms with Crippen LogP contribution in [-0.2, 0) is 9.53 Å². The fourth-order valence-corrected chi connectivity index (χ4v) is 6.92. The van der Waals surface area contributed by atoms with Gasteiger partial charge in [-0.25, -0.2) is 0 Å². The van der Waals surface area contributed by atoms with Gasteiger partial charge in [-0.15, -0.1) is 0 Å². The monoisotopic (exact) mass is 294 g/mol. The summed E-state index contributed by atoms with van der Waals surface area (Å²) in [6, 6.07) is 0. The van der Waals surface area contributed by atoms with Crippen LogP contribution in [-0.4, -0.2) is 25.7 Å². The molecule has 0 amide bonds. The van der Waals surface area contributed by atoms with Gasteiger partial charge in [0.25, 0.3) is 0 Å². The maximum absolute atomic E-state index is 12.3. The van der Waals surface area contributed by atoms with Crippen LogP contribution in [0.1, 0.15) is 46.0 Å². The van der Waals surface area contributed by atoms with Crippen molar-refractivity contribution in [3.05, 3.63) is 0 Å². The topological polar surface area (TPSA) is 29.6 Å². The largest absolute Gasteiger partial charge is 0.373 e. The molecule has 3 rings (SSSR count). The van der Waals surface area contributed by atoms with Gasteiger partial charge in [-0.05, 0) is 42.9 Å². The van der Waals surface area contributed by atoms with E-state index in [1.54, 1.807) is 0 Å². The second kappa shape index (κ2) is 4.42. The van der Waals surface area contributed by atoms with E-state index in [9.17, 15) is 4.79 Å². The highest BCUT2D eigenvalue weighted by molar-refractivity contribution is 6.79. The molecule has 5 atom stereocenters. The molecule has 0 N–H and O–H groups in total. The van der Waals surface area contributed by atoms with E-state index in [2.05, 4.69) is 33.5 Å². The summed E-state index contributed by atoms with van der Waals surface area (Å²) < 4.78 is 5.93. The quantitative estimate of drug-likeness (QED) is 0.578. The summed E-state index contributed by atoms with van der Waals surface area (Å²) >= 11 is 0. The summed E-state index contributed by atoms with van der Waals surface area (Å²) in [5.41, 5.74) is 0.315. The van der Waals surface area contributed by atoms with E-state index in [4.69, 9.17) is 4.74 Å². The third-order valence-electron chi connectivity index (χ3n) is 7.11. The molecule has 0 spiro atoms. The molecule has 1 aliphatic heterocycles. The maximum atomic E-state index is 12.3. The van der Waals surface area contributed by atoms with E-state index >= 15 is 0 Å². The lowest BCUT2D eigenvalue weighted by atomic mass is 9.70. The van der Waals surface area contributed by atoms with Gasteiger partial charge in [0.05, 0.1) is 19.9 Å². The van der Waals surface area contributed by atoms with E-state index in [1.807, 2.05) is 0 Å². The summed E-state index contributed by atoms with van der Waals surface area (Å²) in [5.74, 6) is 2.21. The molecule has 3 heteroatoms. The van der Waals surface area contributed by atoms with Crippen molar-refractivity contribution in [2.75, 3.05) is 6.61 Å². The second-order valence-electron chi connectivity index (χ2n) is 8.78. The zero-order valence-corrected chi connectivity index (χ0v) is 14.8. The standard InChI is InChI=1S/C17H30O2Si/c1-12-6-7-16(13(2)15(18)10-14(12)16)8-9-17(11-19-17)20(3,4)5/h12-14H,6-11H2,1-5H3/t12-,13+,14-,16+,17+/m1/s1. The van der Waals surface area contributed by atoms with Gasteiger partial charge in [-0.2, -0.15) is 0 Å². The second-order valence-corrected chi connectivity index (χ2v) is 14.2. The summed E-state index contributed by atoms with van der Waals surface area (Å²) in [6.07, 6.45) is 5.86. The van der Waals surface area contributed by atoms with Crippen LogP contribution < -0.4 is 0 Å². The molecule has 0 bridgehead atoms. The molecular formula is C17H30O2Si. The van der Waals surface area contributed by atoms with E-state index in [1.165, 1.54) is 25.7 Å². The van der Waals surface area contributed by atoms with Gasteiger partial charge in [0.2, 0.25) is 0 Å². The van der Waals surface area contributed by atoms with Crippen LogP contribution in [0.15, 0.2) is 0 Å². The summed E-state index contributed by atoms with van der Waals surface area (Å²) in [5, 5.41) is 0.226. The Balaban J connectivity index is 1.77. The SMILES string of the molecule is C[C@@H]1CC[C@@]2(CC[C@]3([Si](C)(C)C)CO3)[C@@H]1CC(=O)[C@@H]2C. The van der Waals surface area contributed by atoms with Gasteiger partial charge in [0.1, 0.15) is 5.78 Å². The van der Waals surface area contributed by atoms with E-state index < -0.39 is 8.07 Å². The molecular weight excluding hydrogens is 264 g/mol. The molecule has 3 fully saturated rings. The van der Waals surface area contributed by atoms with E-state index in [0.29, 0.717) is 17.1 Å². The Morgan fingerprint density at radius 2 is 1.90 bits per heavy atom. The minimum absolute atomic E-state index is 0.226. The van der Waals surface area contributed by atoms with Crippen LogP contribution in [0.5, 0.6) is 0 Å². The number of carbonyl (C=O) groups excluding carboxylic acids is 1. The van der Waals surface area contributed by atoms with Crippen LogP contribution in [0.2, 0.25) is 19.6 Å². The average molecular weight is 295 g/mol. The van der Waals surface area contributed by atoms with Crippen molar-refractivity contribution in [2.45, 2.75) is 70.8 Å². The number of hydrogen-bond acceptors (Lipinski definition) is 2. The molecule has 0 radical (unpaired) electrons. The molecule has 2 saturated carbocycles. The average Bonchev–Trinajstić information content (AvgIpc) is 3.05. The molecule has 2 aliphatic carbocycles. The molecule has 0 aromatic carbocycles. The highest BCUT2D eigenvalue weighted by atomic mass is 28.3. The van der Waals surface area contributed by atoms with Gasteiger partial charge < -0.3 is 4.74 Å². The van der Waals surface area contributed by atoms with Crippen molar-refractivity contribution in [1.29, 1.82) is 0 Å². The smallest absolute Gasteiger partial charge is 0.136 e. The molecule has 0 aromatic rings. The lowest BCUT2D eigenvalue weighted by molar-refractivity contribution is -0.122. The fourth-order valence-electron chi connectivity index (χ4n) is 5.11. The highest BCUT2D eigenvalue weighted by Crippen LogP contribution is 2.61. The normalized spacial score (nSPS) is 47.6. The lowest BCUT2D eigenvalue weighted by Gasteiger charge is -2.37. The van der Waals surface area contributed by atoms with Gasteiger partial charge >= 0.3 is 0 Å². The van der Waals surface area contributed by atoms with Gasteiger partial charge in [0, 0.05) is 12.3 Å². The number of epoxide rings is 1. The Hall–Kier alpha value is -0.153. The number of rotatable bonds is 4. The van der Waals surface area contributed by atoms with Crippen molar-refractivity contribution in [3.8, 4) is 0 Å². The number of ether oxygens (including phenoxy) is 1. The Labute approximate surface area is 124 Å². The van der Waals surface area contributed by atoms with Crippen molar-refractivity contribution in [3.63, 3.8) is 0 Å². The van der Waals surface area contributed by atoms with Crippen LogP contribution in [0.25, 0.3) is 0 Å². The Morgan fingerprint density at radius 3 is 2.45 bits per heavy atom. The highest BCUT2D eigenvalue weighted by Gasteiger charge is 2.60. The van der Waals surface area contributed by atoms with Gasteiger partial charge in [0.15, 0.2) is 0 Å². The summed E-state index contributed by atoms with van der Waals surface area (Å²) in [4.78, 5) is 12.3. The third-order valence-corrected chi connectivity index (χ3v) is 10.4. The van der Waals surface area contributed by atoms with Crippen molar-refractivity contribution < 1.29 is 9.53 Å². The zero-order valence-electron chi connectivity index (χ0n) is 13.8. The first kappa shape index (κ1) is 14.8. The molecule has 1 saturated heterocycles. The summed E-state index contributed by atoms with van der Waals surface area (Å²) in [6.45, 7) is 12.8. The molecule has 20 heavy (non-hydrogen) atoms. The first-order valence-corrected chi connectivity index (χ1v) is 11.9. The van der Waals surface area contributed by atoms with Gasteiger partial charge in [-0.3, -0.25) is 4.79 Å². The molecule has 3 aliphatic rings. The molecule has 114 valence electrons. The van der Waals surface area contributed by atoms with Crippen LogP contribution in [0, 0.1) is 23.2 Å². The minimum Gasteiger partial charge on any atom is -0.373 e. The third kappa shape index (κ3) is 1.96. The fraction of sp³-hybridized carbons (Fsp3) is 0.941. The number of carbonyl (C=O) groups is 1. The molecule has 0 aromatic heterocycles. The first-order valence-electron chi connectivity index (χ1n) is 8.39.